The zero-order chi connectivity index (χ0) is 34.6. The van der Waals surface area contributed by atoms with Crippen LogP contribution in [0.5, 0.6) is 0 Å². The highest BCUT2D eigenvalue weighted by Gasteiger charge is 2.44. The molecule has 7 nitrogen and oxygen atoms in total. The number of aryl methyl sites for hydroxylation is 2. The van der Waals surface area contributed by atoms with Gasteiger partial charge in [-0.3, -0.25) is 4.90 Å². The van der Waals surface area contributed by atoms with E-state index in [2.05, 4.69) is 70.0 Å². The number of nitriles is 2. The standard InChI is InChI=1S/C27H37N5.C8H14FN.C3H8.CHN/c1-4-7-19-10-12-23(29)22(17-28)26(19)20-9-11-21-24(16-20)30-25(5-2)31-27(21)32-14-6-8-18(3)13-15-32;1-8-3-2-4-10(8)6-7(9)5-8;1-3-2;1-2/h10,12,18,20H,4-9,11,13-16,29H2,1-3H3;7H,2-6H2,1H3;3H2,1-2H3;1H. The van der Waals surface area contributed by atoms with Crippen LogP contribution in [0.2, 0.25) is 0 Å². The average Bonchev–Trinajstić information content (AvgIpc) is 3.46. The highest BCUT2D eigenvalue weighted by molar-refractivity contribution is 5.62. The molecular weight excluding hydrogens is 585 g/mol. The number of nitrogens with two attached hydrogens (primary N) is 1. The van der Waals surface area contributed by atoms with E-state index in [0.717, 1.165) is 76.3 Å². The summed E-state index contributed by atoms with van der Waals surface area (Å²) < 4.78 is 12.8. The normalized spacial score (nSPS) is 24.9. The molecular formula is C39H60FN7. The molecule has 3 fully saturated rings. The van der Waals surface area contributed by atoms with Crippen LogP contribution >= 0.6 is 0 Å². The first kappa shape index (κ1) is 38.2. The van der Waals surface area contributed by atoms with E-state index in [1.54, 1.807) is 0 Å². The van der Waals surface area contributed by atoms with Crippen LogP contribution in [0, 0.1) is 29.1 Å². The van der Waals surface area contributed by atoms with E-state index in [1.807, 2.05) is 6.07 Å². The first-order valence-electron chi connectivity index (χ1n) is 18.3. The summed E-state index contributed by atoms with van der Waals surface area (Å²) in [6.45, 7) is 20.6. The second kappa shape index (κ2) is 18.3. The summed E-state index contributed by atoms with van der Waals surface area (Å²) in [5, 5.41) is 16.4. The first-order valence-corrected chi connectivity index (χ1v) is 18.3. The number of aromatic nitrogens is 2. The first-order chi connectivity index (χ1) is 22.7. The lowest BCUT2D eigenvalue weighted by molar-refractivity contribution is 0.217. The van der Waals surface area contributed by atoms with E-state index in [1.165, 1.54) is 66.7 Å². The molecule has 0 bridgehead atoms. The van der Waals surface area contributed by atoms with Gasteiger partial charge in [0, 0.05) is 49.4 Å². The van der Waals surface area contributed by atoms with Gasteiger partial charge in [-0.25, -0.2) is 19.6 Å². The molecule has 6 rings (SSSR count). The van der Waals surface area contributed by atoms with Crippen molar-refractivity contribution in [3.05, 3.63) is 45.9 Å². The van der Waals surface area contributed by atoms with Crippen LogP contribution in [0.1, 0.15) is 139 Å². The van der Waals surface area contributed by atoms with Crippen molar-refractivity contribution >= 4 is 11.5 Å². The zero-order valence-electron chi connectivity index (χ0n) is 30.1. The molecule has 2 aromatic rings. The number of halogens is 1. The van der Waals surface area contributed by atoms with Crippen LogP contribution < -0.4 is 10.6 Å². The van der Waals surface area contributed by atoms with E-state index >= 15 is 0 Å². The quantitative estimate of drug-likeness (QED) is 0.325. The van der Waals surface area contributed by atoms with Crippen molar-refractivity contribution in [3.8, 4) is 12.6 Å². The number of nitrogens with zero attached hydrogens (tertiary/aromatic N) is 6. The number of hydrogen-bond acceptors (Lipinski definition) is 7. The minimum atomic E-state index is -0.551. The molecule has 3 aliphatic heterocycles. The lowest BCUT2D eigenvalue weighted by Gasteiger charge is -2.32. The van der Waals surface area contributed by atoms with Crippen molar-refractivity contribution < 1.29 is 4.39 Å². The lowest BCUT2D eigenvalue weighted by atomic mass is 9.78. The Morgan fingerprint density at radius 1 is 1.06 bits per heavy atom. The number of hydrogen-bond donors (Lipinski definition) is 1. The molecule has 0 saturated carbocycles. The Morgan fingerprint density at radius 2 is 1.81 bits per heavy atom. The fourth-order valence-electron chi connectivity index (χ4n) is 7.95. The predicted octanol–water partition coefficient (Wildman–Crippen LogP) is 8.48. The number of benzene rings is 1. The lowest BCUT2D eigenvalue weighted by Crippen LogP contribution is -2.34. The summed E-state index contributed by atoms with van der Waals surface area (Å²) in [4.78, 5) is 14.9. The minimum absolute atomic E-state index is 0.236. The molecule has 3 saturated heterocycles. The second-order valence-corrected chi connectivity index (χ2v) is 14.2. The van der Waals surface area contributed by atoms with Crippen LogP contribution in [-0.4, -0.2) is 52.8 Å². The third-order valence-electron chi connectivity index (χ3n) is 10.3. The molecule has 4 heterocycles. The van der Waals surface area contributed by atoms with Crippen molar-refractivity contribution in [1.82, 2.24) is 14.9 Å². The van der Waals surface area contributed by atoms with Gasteiger partial charge in [-0.2, -0.15) is 5.26 Å². The third-order valence-corrected chi connectivity index (χ3v) is 10.3. The third kappa shape index (κ3) is 9.44. The molecule has 4 unspecified atom stereocenters. The number of anilines is 2. The van der Waals surface area contributed by atoms with Crippen molar-refractivity contribution in [2.75, 3.05) is 36.8 Å². The number of rotatable bonds is 5. The average molecular weight is 646 g/mol. The maximum Gasteiger partial charge on any atom is 0.135 e. The molecule has 1 aliphatic carbocycles. The molecule has 4 aliphatic rings. The largest absolute Gasteiger partial charge is 0.398 e. The Hall–Kier alpha value is -3.23. The maximum atomic E-state index is 12.8. The predicted molar refractivity (Wildman–Crippen MR) is 192 cm³/mol. The Morgan fingerprint density at radius 3 is 2.47 bits per heavy atom. The van der Waals surface area contributed by atoms with Gasteiger partial charge in [0.05, 0.1) is 11.3 Å². The SMILES string of the molecule is C#N.CC12CCCN1CC(F)C2.CCC.CCCc1ccc(N)c(C#N)c1C1CCc2c(nc(CC)nc2N2CCCC(C)CC2)C1. The van der Waals surface area contributed by atoms with Crippen molar-refractivity contribution in [1.29, 1.82) is 10.5 Å². The summed E-state index contributed by atoms with van der Waals surface area (Å²) in [6, 6.07) is 6.45. The molecule has 2 N–H and O–H groups in total. The van der Waals surface area contributed by atoms with Crippen LogP contribution in [0.4, 0.5) is 15.9 Å². The van der Waals surface area contributed by atoms with Gasteiger partial charge < -0.3 is 10.6 Å². The van der Waals surface area contributed by atoms with Gasteiger partial charge in [0.2, 0.25) is 0 Å². The van der Waals surface area contributed by atoms with E-state index in [4.69, 9.17) is 21.0 Å². The van der Waals surface area contributed by atoms with Gasteiger partial charge in [-0.1, -0.05) is 53.5 Å². The number of alkyl halides is 1. The topological polar surface area (TPSA) is 106 Å². The Balaban J connectivity index is 0.000000331. The fraction of sp³-hybridized carbons (Fsp3) is 0.692. The van der Waals surface area contributed by atoms with E-state index in [9.17, 15) is 9.65 Å². The molecule has 47 heavy (non-hydrogen) atoms. The second-order valence-electron chi connectivity index (χ2n) is 14.2. The summed E-state index contributed by atoms with van der Waals surface area (Å²) in [7, 11) is 0. The van der Waals surface area contributed by atoms with Gasteiger partial charge in [0.1, 0.15) is 23.9 Å². The molecule has 8 heteroatoms. The molecule has 1 aromatic carbocycles. The van der Waals surface area contributed by atoms with Crippen molar-refractivity contribution in [2.24, 2.45) is 5.92 Å². The van der Waals surface area contributed by atoms with Gasteiger partial charge in [-0.15, -0.1) is 0 Å². The Bertz CT molecular complexity index is 1350. The van der Waals surface area contributed by atoms with Crippen LogP contribution in [0.15, 0.2) is 12.1 Å². The van der Waals surface area contributed by atoms with Gasteiger partial charge >= 0.3 is 0 Å². The summed E-state index contributed by atoms with van der Waals surface area (Å²) in [5.74, 6) is 3.20. The van der Waals surface area contributed by atoms with Gasteiger partial charge in [-0.05, 0) is 107 Å². The molecule has 258 valence electrons. The molecule has 0 radical (unpaired) electrons. The molecule has 0 amide bonds. The fourth-order valence-corrected chi connectivity index (χ4v) is 7.95. The van der Waals surface area contributed by atoms with E-state index < -0.39 is 6.17 Å². The molecule has 1 aromatic heterocycles. The van der Waals surface area contributed by atoms with Crippen molar-refractivity contribution in [3.63, 3.8) is 0 Å². The molecule has 0 spiro atoms. The Kier molecular flexibility index (Phi) is 14.9. The van der Waals surface area contributed by atoms with Crippen molar-refractivity contribution in [2.45, 2.75) is 143 Å². The van der Waals surface area contributed by atoms with Crippen LogP contribution in [0.25, 0.3) is 0 Å². The van der Waals surface area contributed by atoms with Gasteiger partial charge in [0.25, 0.3) is 0 Å². The van der Waals surface area contributed by atoms with E-state index in [0.29, 0.717) is 23.7 Å². The molecule has 4 atom stereocenters. The maximum absolute atomic E-state index is 12.8. The Labute approximate surface area is 284 Å². The highest BCUT2D eigenvalue weighted by atomic mass is 19.1. The van der Waals surface area contributed by atoms with E-state index in [-0.39, 0.29) is 5.54 Å². The highest BCUT2D eigenvalue weighted by Crippen LogP contribution is 2.41. The zero-order valence-corrected chi connectivity index (χ0v) is 30.1. The van der Waals surface area contributed by atoms with Crippen LogP contribution in [0.3, 0.4) is 0 Å². The smallest absolute Gasteiger partial charge is 0.135 e. The van der Waals surface area contributed by atoms with Crippen LogP contribution in [-0.2, 0) is 25.7 Å². The number of fused-ring (bicyclic) bond motifs is 2. The number of nitrogen functional groups attached to an aromatic ring is 1. The van der Waals surface area contributed by atoms with Gasteiger partial charge in [0.15, 0.2) is 0 Å². The monoisotopic (exact) mass is 645 g/mol. The summed E-state index contributed by atoms with van der Waals surface area (Å²) in [6.07, 6.45) is 13.5. The summed E-state index contributed by atoms with van der Waals surface area (Å²) >= 11 is 0. The summed E-state index contributed by atoms with van der Waals surface area (Å²) in [5.41, 5.74) is 12.7. The minimum Gasteiger partial charge on any atom is -0.398 e.